The number of thiophene rings is 1. The summed E-state index contributed by atoms with van der Waals surface area (Å²) in [5, 5.41) is 15.0. The molecule has 1 aliphatic rings. The molecule has 1 saturated heterocycles. The van der Waals surface area contributed by atoms with E-state index in [0.29, 0.717) is 11.3 Å². The lowest BCUT2D eigenvalue weighted by Crippen LogP contribution is -2.20. The van der Waals surface area contributed by atoms with Crippen molar-refractivity contribution in [2.24, 2.45) is 0 Å². The average Bonchev–Trinajstić information content (AvgIpc) is 3.16. The standard InChI is InChI=1S/C16H13NO4S/c1-21-10-5-2-4-9(8-10)14(18)12-13(11-6-3-7-22-11)17-16(20)15(12)19/h2-8,13,18H,1H3,(H,17,20)/b14-12+. The Balaban J connectivity index is 2.11. The van der Waals surface area contributed by atoms with Crippen molar-refractivity contribution in [2.45, 2.75) is 6.04 Å². The van der Waals surface area contributed by atoms with Gasteiger partial charge in [0.15, 0.2) is 0 Å². The van der Waals surface area contributed by atoms with E-state index < -0.39 is 17.7 Å². The van der Waals surface area contributed by atoms with Crippen molar-refractivity contribution in [2.75, 3.05) is 7.11 Å². The average molecular weight is 315 g/mol. The summed E-state index contributed by atoms with van der Waals surface area (Å²) in [6.07, 6.45) is 0. The number of rotatable bonds is 3. The topological polar surface area (TPSA) is 75.6 Å². The summed E-state index contributed by atoms with van der Waals surface area (Å²) < 4.78 is 5.12. The van der Waals surface area contributed by atoms with Gasteiger partial charge in [0.1, 0.15) is 11.5 Å². The summed E-state index contributed by atoms with van der Waals surface area (Å²) in [7, 11) is 1.52. The highest BCUT2D eigenvalue weighted by Crippen LogP contribution is 2.35. The molecule has 2 aromatic rings. The van der Waals surface area contributed by atoms with E-state index in [1.165, 1.54) is 18.4 Å². The normalized spacial score (nSPS) is 20.0. The van der Waals surface area contributed by atoms with Gasteiger partial charge >= 0.3 is 0 Å². The lowest BCUT2D eigenvalue weighted by atomic mass is 10.00. The maximum absolute atomic E-state index is 12.1. The number of carbonyl (C=O) groups excluding carboxylic acids is 2. The molecule has 1 amide bonds. The number of ether oxygens (including phenoxy) is 1. The van der Waals surface area contributed by atoms with Crippen LogP contribution in [0.15, 0.2) is 47.4 Å². The smallest absolute Gasteiger partial charge is 0.293 e. The first-order valence-electron chi connectivity index (χ1n) is 6.58. The predicted molar refractivity (Wildman–Crippen MR) is 82.8 cm³/mol. The number of ketones is 1. The fourth-order valence-corrected chi connectivity index (χ4v) is 3.15. The van der Waals surface area contributed by atoms with Crippen molar-refractivity contribution >= 4 is 28.8 Å². The van der Waals surface area contributed by atoms with Gasteiger partial charge in [-0.2, -0.15) is 0 Å². The molecule has 22 heavy (non-hydrogen) atoms. The van der Waals surface area contributed by atoms with Gasteiger partial charge in [-0.3, -0.25) is 9.59 Å². The van der Waals surface area contributed by atoms with Gasteiger partial charge in [-0.25, -0.2) is 0 Å². The van der Waals surface area contributed by atoms with E-state index in [9.17, 15) is 14.7 Å². The number of nitrogens with one attached hydrogen (secondary N) is 1. The van der Waals surface area contributed by atoms with Gasteiger partial charge in [0.2, 0.25) is 0 Å². The summed E-state index contributed by atoms with van der Waals surface area (Å²) in [5.41, 5.74) is 0.501. The second kappa shape index (κ2) is 5.65. The molecule has 1 aliphatic heterocycles. The number of carbonyl (C=O) groups is 2. The molecule has 6 heteroatoms. The molecule has 0 radical (unpaired) electrons. The molecule has 1 fully saturated rings. The molecule has 1 unspecified atom stereocenters. The van der Waals surface area contributed by atoms with E-state index in [1.807, 2.05) is 17.5 Å². The molecule has 112 valence electrons. The number of benzene rings is 1. The minimum atomic E-state index is -0.710. The number of aliphatic hydroxyl groups excluding tert-OH is 1. The zero-order valence-corrected chi connectivity index (χ0v) is 12.5. The maximum Gasteiger partial charge on any atom is 0.293 e. The summed E-state index contributed by atoms with van der Waals surface area (Å²) >= 11 is 1.41. The summed E-state index contributed by atoms with van der Waals surface area (Å²) in [6, 6.07) is 9.74. The Bertz CT molecular complexity index is 764. The minimum Gasteiger partial charge on any atom is -0.507 e. The van der Waals surface area contributed by atoms with Gasteiger partial charge in [-0.15, -0.1) is 11.3 Å². The summed E-state index contributed by atoms with van der Waals surface area (Å²) in [4.78, 5) is 24.6. The van der Waals surface area contributed by atoms with Crippen molar-refractivity contribution in [3.63, 3.8) is 0 Å². The minimum absolute atomic E-state index is 0.0701. The van der Waals surface area contributed by atoms with E-state index in [4.69, 9.17) is 4.74 Å². The lowest BCUT2D eigenvalue weighted by molar-refractivity contribution is -0.133. The second-order valence-corrected chi connectivity index (χ2v) is 5.72. The predicted octanol–water partition coefficient (Wildman–Crippen LogP) is 2.47. The maximum atomic E-state index is 12.1. The van der Waals surface area contributed by atoms with Crippen LogP contribution in [0.5, 0.6) is 5.75 Å². The molecule has 0 aliphatic carbocycles. The zero-order valence-electron chi connectivity index (χ0n) is 11.7. The third-order valence-electron chi connectivity index (χ3n) is 3.44. The van der Waals surface area contributed by atoms with Crippen LogP contribution in [-0.4, -0.2) is 23.9 Å². The van der Waals surface area contributed by atoms with Gasteiger partial charge in [0, 0.05) is 10.4 Å². The first kappa shape index (κ1) is 14.3. The van der Waals surface area contributed by atoms with Crippen LogP contribution in [0.25, 0.3) is 5.76 Å². The third kappa shape index (κ3) is 2.37. The molecular formula is C16H13NO4S. The summed E-state index contributed by atoms with van der Waals surface area (Å²) in [6.45, 7) is 0. The SMILES string of the molecule is COc1cccc(/C(O)=C2\C(=O)C(=O)NC2c2cccs2)c1. The first-order valence-corrected chi connectivity index (χ1v) is 7.46. The number of amides is 1. The molecule has 3 rings (SSSR count). The number of Topliss-reactive ketones (excluding diaryl/α,β-unsaturated/α-hetero) is 1. The zero-order chi connectivity index (χ0) is 15.7. The van der Waals surface area contributed by atoms with Crippen LogP contribution in [-0.2, 0) is 9.59 Å². The van der Waals surface area contributed by atoms with Gasteiger partial charge in [0.25, 0.3) is 11.7 Å². The van der Waals surface area contributed by atoms with Crippen molar-refractivity contribution in [3.05, 3.63) is 57.8 Å². The molecular weight excluding hydrogens is 302 g/mol. The fourth-order valence-electron chi connectivity index (χ4n) is 2.36. The van der Waals surface area contributed by atoms with E-state index in [2.05, 4.69) is 5.32 Å². The monoisotopic (exact) mass is 315 g/mol. The van der Waals surface area contributed by atoms with Gasteiger partial charge < -0.3 is 15.2 Å². The number of hydrogen-bond acceptors (Lipinski definition) is 5. The molecule has 2 N–H and O–H groups in total. The van der Waals surface area contributed by atoms with Crippen LogP contribution < -0.4 is 10.1 Å². The summed E-state index contributed by atoms with van der Waals surface area (Å²) in [5.74, 6) is -1.07. The van der Waals surface area contributed by atoms with Crippen LogP contribution in [0.3, 0.4) is 0 Å². The Labute approximate surface area is 130 Å². The van der Waals surface area contributed by atoms with Crippen LogP contribution >= 0.6 is 11.3 Å². The molecule has 2 heterocycles. The largest absolute Gasteiger partial charge is 0.507 e. The van der Waals surface area contributed by atoms with Crippen molar-refractivity contribution < 1.29 is 19.4 Å². The van der Waals surface area contributed by atoms with Crippen LogP contribution in [0.2, 0.25) is 0 Å². The Morgan fingerprint density at radius 2 is 2.09 bits per heavy atom. The van der Waals surface area contributed by atoms with E-state index in [-0.39, 0.29) is 11.3 Å². The van der Waals surface area contributed by atoms with E-state index in [1.54, 1.807) is 24.3 Å². The molecule has 1 aromatic heterocycles. The van der Waals surface area contributed by atoms with Crippen LogP contribution in [0.1, 0.15) is 16.5 Å². The quantitative estimate of drug-likeness (QED) is 0.518. The van der Waals surface area contributed by atoms with E-state index >= 15 is 0 Å². The highest BCUT2D eigenvalue weighted by molar-refractivity contribution is 7.10. The second-order valence-electron chi connectivity index (χ2n) is 4.75. The van der Waals surface area contributed by atoms with Gasteiger partial charge in [0.05, 0.1) is 18.7 Å². The Hall–Kier alpha value is -2.60. The number of aliphatic hydroxyl groups is 1. The third-order valence-corrected chi connectivity index (χ3v) is 4.38. The van der Waals surface area contributed by atoms with Gasteiger partial charge in [-0.05, 0) is 23.6 Å². The van der Waals surface area contributed by atoms with Crippen molar-refractivity contribution in [1.29, 1.82) is 0 Å². The highest BCUT2D eigenvalue weighted by Gasteiger charge is 2.40. The lowest BCUT2D eigenvalue weighted by Gasteiger charge is -2.12. The fraction of sp³-hybridized carbons (Fsp3) is 0.125. The molecule has 0 bridgehead atoms. The van der Waals surface area contributed by atoms with Gasteiger partial charge in [-0.1, -0.05) is 18.2 Å². The molecule has 1 aromatic carbocycles. The first-order chi connectivity index (χ1) is 10.6. The number of hydrogen-bond donors (Lipinski definition) is 2. The van der Waals surface area contributed by atoms with Crippen molar-refractivity contribution in [3.8, 4) is 5.75 Å². The molecule has 1 atom stereocenters. The highest BCUT2D eigenvalue weighted by atomic mass is 32.1. The Morgan fingerprint density at radius 3 is 2.77 bits per heavy atom. The molecule has 0 saturated carbocycles. The van der Waals surface area contributed by atoms with Crippen LogP contribution in [0, 0.1) is 0 Å². The van der Waals surface area contributed by atoms with Crippen LogP contribution in [0.4, 0.5) is 0 Å². The number of methoxy groups -OCH3 is 1. The Kier molecular flexibility index (Phi) is 3.68. The Morgan fingerprint density at radius 1 is 1.27 bits per heavy atom. The van der Waals surface area contributed by atoms with Crippen molar-refractivity contribution in [1.82, 2.24) is 5.32 Å². The molecule has 5 nitrogen and oxygen atoms in total. The molecule has 0 spiro atoms. The van der Waals surface area contributed by atoms with E-state index in [0.717, 1.165) is 4.88 Å².